The van der Waals surface area contributed by atoms with Crippen molar-refractivity contribution in [2.75, 3.05) is 40.4 Å². The summed E-state index contributed by atoms with van der Waals surface area (Å²) in [4.78, 5) is 16.6. The van der Waals surface area contributed by atoms with Gasteiger partial charge in [0.25, 0.3) is 5.91 Å². The van der Waals surface area contributed by atoms with Crippen molar-refractivity contribution in [3.63, 3.8) is 0 Å². The Balaban J connectivity index is 1.43. The number of allylic oxidation sites excluding steroid dienone is 5. The minimum atomic E-state index is -0.283. The number of nitrogens with two attached hydrogens (primary N) is 1. The van der Waals surface area contributed by atoms with Gasteiger partial charge in [0.2, 0.25) is 0 Å². The minimum absolute atomic E-state index is 0.0531. The van der Waals surface area contributed by atoms with Crippen molar-refractivity contribution in [1.82, 2.24) is 9.80 Å². The largest absolute Gasteiger partial charge is 0.860 e. The van der Waals surface area contributed by atoms with Crippen LogP contribution in [0.1, 0.15) is 25.8 Å². The third-order valence-corrected chi connectivity index (χ3v) is 7.00. The van der Waals surface area contributed by atoms with Gasteiger partial charge < -0.3 is 40.3 Å². The molecule has 0 aromatic heterocycles. The summed E-state index contributed by atoms with van der Waals surface area (Å²) >= 11 is 0. The van der Waals surface area contributed by atoms with E-state index in [-0.39, 0.29) is 28.5 Å². The fourth-order valence-electron chi connectivity index (χ4n) is 4.81. The highest BCUT2D eigenvalue weighted by atomic mass is 16.5. The van der Waals surface area contributed by atoms with E-state index in [2.05, 4.69) is 0 Å². The summed E-state index contributed by atoms with van der Waals surface area (Å²) in [6, 6.07) is 9.68. The highest BCUT2D eigenvalue weighted by Crippen LogP contribution is 2.38. The number of piperazine rings is 1. The summed E-state index contributed by atoms with van der Waals surface area (Å²) in [6.07, 6.45) is 5.33. The van der Waals surface area contributed by atoms with E-state index in [1.54, 1.807) is 29.1 Å². The van der Waals surface area contributed by atoms with Gasteiger partial charge in [-0.15, -0.1) is 0 Å². The molecule has 38 heavy (non-hydrogen) atoms. The smallest absolute Gasteiger partial charge is 0.255 e. The van der Waals surface area contributed by atoms with Crippen molar-refractivity contribution < 1.29 is 24.1 Å². The highest BCUT2D eigenvalue weighted by Gasteiger charge is 2.34. The second-order valence-corrected chi connectivity index (χ2v) is 10.1. The van der Waals surface area contributed by atoms with Crippen molar-refractivity contribution in [1.29, 1.82) is 5.41 Å². The zero-order valence-electron chi connectivity index (χ0n) is 22.4. The first-order valence-electron chi connectivity index (χ1n) is 12.6. The second kappa shape index (κ2) is 11.1. The zero-order chi connectivity index (χ0) is 27.4. The van der Waals surface area contributed by atoms with Crippen LogP contribution in [-0.2, 0) is 25.6 Å². The number of benzene rings is 1. The van der Waals surface area contributed by atoms with Gasteiger partial charge in [-0.3, -0.25) is 4.79 Å². The van der Waals surface area contributed by atoms with Crippen LogP contribution in [0.4, 0.5) is 0 Å². The third-order valence-electron chi connectivity index (χ3n) is 7.00. The van der Waals surface area contributed by atoms with Crippen LogP contribution in [0.25, 0.3) is 0 Å². The van der Waals surface area contributed by atoms with Crippen LogP contribution in [0.15, 0.2) is 88.6 Å². The Kier molecular flexibility index (Phi) is 7.85. The van der Waals surface area contributed by atoms with Crippen LogP contribution in [-0.4, -0.2) is 61.8 Å². The Bertz CT molecular complexity index is 1250. The molecule has 9 heteroatoms. The van der Waals surface area contributed by atoms with Crippen LogP contribution < -0.4 is 10.8 Å². The highest BCUT2D eigenvalue weighted by molar-refractivity contribution is 6.10. The normalized spacial score (nSPS) is 20.8. The van der Waals surface area contributed by atoms with Gasteiger partial charge in [0.15, 0.2) is 11.5 Å². The van der Waals surface area contributed by atoms with Gasteiger partial charge in [0.05, 0.1) is 25.5 Å². The van der Waals surface area contributed by atoms with E-state index in [1.807, 2.05) is 44.2 Å². The zero-order valence-corrected chi connectivity index (χ0v) is 22.4. The third kappa shape index (κ3) is 5.56. The van der Waals surface area contributed by atoms with Gasteiger partial charge in [-0.1, -0.05) is 44.2 Å². The first kappa shape index (κ1) is 26.9. The molecule has 1 heterocycles. The lowest BCUT2D eigenvalue weighted by Gasteiger charge is -2.41. The van der Waals surface area contributed by atoms with E-state index >= 15 is 0 Å². The quantitative estimate of drug-likeness (QED) is 0.531. The standard InChI is InChI=1S/C29H36N4O5/c1-29(2)17-23(31)21(15-26(29)37-4)28(35)33-12-10-32(11-13-33)27(34)20-14-24(36-3)25(16-22(20)30)38-18-19-8-6-5-7-9-19/h5-9,14-16,30,34H,10-13,17-18,31H2,1-4H3/p-1/b27-20+,30-22?. The van der Waals surface area contributed by atoms with Gasteiger partial charge in [0.1, 0.15) is 12.4 Å². The monoisotopic (exact) mass is 519 g/mol. The van der Waals surface area contributed by atoms with Crippen molar-refractivity contribution in [2.24, 2.45) is 11.1 Å². The Hall–Kier alpha value is -4.14. The van der Waals surface area contributed by atoms with Gasteiger partial charge in [0, 0.05) is 48.9 Å². The molecule has 0 radical (unpaired) electrons. The molecule has 1 fully saturated rings. The van der Waals surface area contributed by atoms with E-state index in [4.69, 9.17) is 25.4 Å². The van der Waals surface area contributed by atoms with E-state index in [0.29, 0.717) is 62.0 Å². The van der Waals surface area contributed by atoms with E-state index < -0.39 is 0 Å². The molecule has 0 unspecified atom stereocenters. The number of carbonyl (C=O) groups is 1. The molecule has 1 amide bonds. The van der Waals surface area contributed by atoms with Gasteiger partial charge >= 0.3 is 0 Å². The van der Waals surface area contributed by atoms with E-state index in [1.165, 1.54) is 13.2 Å². The lowest BCUT2D eigenvalue weighted by Crippen LogP contribution is -2.51. The Morgan fingerprint density at radius 1 is 1.00 bits per heavy atom. The number of amides is 1. The van der Waals surface area contributed by atoms with Crippen molar-refractivity contribution >= 4 is 11.6 Å². The van der Waals surface area contributed by atoms with Crippen LogP contribution in [0, 0.1) is 10.8 Å². The molecule has 2 aliphatic carbocycles. The fourth-order valence-corrected chi connectivity index (χ4v) is 4.81. The van der Waals surface area contributed by atoms with Crippen molar-refractivity contribution in [2.45, 2.75) is 26.9 Å². The van der Waals surface area contributed by atoms with Crippen LogP contribution in [0.2, 0.25) is 0 Å². The summed E-state index contributed by atoms with van der Waals surface area (Å²) in [5.74, 6) is 1.06. The topological polar surface area (TPSA) is 124 Å². The molecule has 0 bridgehead atoms. The lowest BCUT2D eigenvalue weighted by atomic mass is 9.80. The molecule has 1 aliphatic heterocycles. The van der Waals surface area contributed by atoms with Gasteiger partial charge in [-0.05, 0) is 30.0 Å². The fraction of sp³-hybridized carbons (Fsp3) is 0.379. The SMILES string of the molecule is COC1=C/C(=C(\[O-])N2CCN(C(=O)C3=C(N)CC(C)(C)C(OC)=C3)CC2)C(=N)C=C1OCc1ccccc1. The first-order valence-corrected chi connectivity index (χ1v) is 12.6. The Labute approximate surface area is 223 Å². The maximum absolute atomic E-state index is 13.3. The molecule has 1 saturated heterocycles. The molecule has 1 aromatic rings. The molecule has 4 rings (SSSR count). The number of hydrogen-bond donors (Lipinski definition) is 2. The predicted octanol–water partition coefficient (Wildman–Crippen LogP) is 2.54. The van der Waals surface area contributed by atoms with Crippen LogP contribution in [0.5, 0.6) is 0 Å². The van der Waals surface area contributed by atoms with E-state index in [0.717, 1.165) is 11.3 Å². The summed E-state index contributed by atoms with van der Waals surface area (Å²) in [5.41, 5.74) is 8.25. The average Bonchev–Trinajstić information content (AvgIpc) is 2.91. The van der Waals surface area contributed by atoms with Crippen LogP contribution in [0.3, 0.4) is 0 Å². The number of carbonyl (C=O) groups excluding carboxylic acids is 1. The first-order chi connectivity index (χ1) is 18.1. The van der Waals surface area contributed by atoms with Crippen LogP contribution >= 0.6 is 0 Å². The number of methoxy groups -OCH3 is 2. The molecular weight excluding hydrogens is 484 g/mol. The minimum Gasteiger partial charge on any atom is -0.860 e. The molecular formula is C29H35N4O5-. The molecule has 1 aromatic carbocycles. The number of ether oxygens (including phenoxy) is 3. The molecule has 0 atom stereocenters. The second-order valence-electron chi connectivity index (χ2n) is 10.1. The lowest BCUT2D eigenvalue weighted by molar-refractivity contribution is -0.334. The molecule has 9 nitrogen and oxygen atoms in total. The maximum Gasteiger partial charge on any atom is 0.255 e. The summed E-state index contributed by atoms with van der Waals surface area (Å²) in [5, 5.41) is 21.8. The Morgan fingerprint density at radius 3 is 2.29 bits per heavy atom. The summed E-state index contributed by atoms with van der Waals surface area (Å²) in [6.45, 7) is 5.79. The average molecular weight is 520 g/mol. The van der Waals surface area contributed by atoms with Gasteiger partial charge in [-0.2, -0.15) is 0 Å². The van der Waals surface area contributed by atoms with Crippen molar-refractivity contribution in [3.8, 4) is 0 Å². The Morgan fingerprint density at radius 2 is 1.66 bits per heavy atom. The number of nitrogens with zero attached hydrogens (tertiary/aromatic N) is 2. The molecule has 0 spiro atoms. The molecule has 0 saturated carbocycles. The summed E-state index contributed by atoms with van der Waals surface area (Å²) < 4.78 is 16.8. The van der Waals surface area contributed by atoms with Gasteiger partial charge in [-0.25, -0.2) is 0 Å². The summed E-state index contributed by atoms with van der Waals surface area (Å²) in [7, 11) is 3.10. The molecule has 202 valence electrons. The van der Waals surface area contributed by atoms with Crippen molar-refractivity contribution in [3.05, 3.63) is 94.1 Å². The van der Waals surface area contributed by atoms with E-state index in [9.17, 15) is 9.90 Å². The maximum atomic E-state index is 13.3. The number of nitrogens with one attached hydrogen (secondary N) is 1. The molecule has 3 aliphatic rings. The number of hydrogen-bond acceptors (Lipinski definition) is 8. The predicted molar refractivity (Wildman–Crippen MR) is 142 cm³/mol. The number of rotatable bonds is 7. The molecule has 3 N–H and O–H groups in total.